The number of hydrogen-bond acceptors (Lipinski definition) is 6. The molecule has 7 nitrogen and oxygen atoms in total. The first-order chi connectivity index (χ1) is 16.3. The molecule has 1 saturated heterocycles. The molecule has 0 aliphatic carbocycles. The van der Waals surface area contributed by atoms with E-state index in [9.17, 15) is 13.2 Å². The van der Waals surface area contributed by atoms with Gasteiger partial charge in [-0.25, -0.2) is 8.42 Å². The van der Waals surface area contributed by atoms with Gasteiger partial charge in [-0.15, -0.1) is 0 Å². The van der Waals surface area contributed by atoms with E-state index in [1.54, 1.807) is 7.11 Å². The molecular formula is C26H31NO6S. The lowest BCUT2D eigenvalue weighted by Gasteiger charge is -2.38. The fourth-order valence-electron chi connectivity index (χ4n) is 4.81. The number of rotatable bonds is 6. The van der Waals surface area contributed by atoms with Crippen molar-refractivity contribution in [2.75, 3.05) is 40.5 Å². The number of hydrogen-bond donors (Lipinski definition) is 0. The third-order valence-corrected chi connectivity index (χ3v) is 9.42. The molecule has 0 radical (unpaired) electrons. The van der Waals surface area contributed by atoms with Crippen LogP contribution in [0, 0.1) is 6.92 Å². The highest BCUT2D eigenvalue weighted by Gasteiger charge is 2.55. The lowest BCUT2D eigenvalue weighted by molar-refractivity contribution is -0.146. The fourth-order valence-corrected chi connectivity index (χ4v) is 6.88. The smallest absolute Gasteiger partial charge is 0.328 e. The van der Waals surface area contributed by atoms with Crippen LogP contribution < -0.4 is 4.74 Å². The second-order valence-corrected chi connectivity index (χ2v) is 11.0. The largest absolute Gasteiger partial charge is 0.497 e. The third-order valence-electron chi connectivity index (χ3n) is 6.84. The van der Waals surface area contributed by atoms with Crippen molar-refractivity contribution in [2.24, 2.45) is 0 Å². The summed E-state index contributed by atoms with van der Waals surface area (Å²) in [6.07, 6.45) is 2.75. The molecule has 2 aromatic carbocycles. The SMILES string of the molecule is COC(=O)C1(S(=O)(=O)N2CC=C(c3ccc(-c4cccc(OC)c4)c(C)c3)CC2)CCOCC1. The maximum absolute atomic E-state index is 13.5. The van der Waals surface area contributed by atoms with Crippen molar-refractivity contribution in [2.45, 2.75) is 30.9 Å². The van der Waals surface area contributed by atoms with E-state index >= 15 is 0 Å². The summed E-state index contributed by atoms with van der Waals surface area (Å²) in [6, 6.07) is 14.3. The minimum Gasteiger partial charge on any atom is -0.497 e. The molecule has 0 aromatic heterocycles. The van der Waals surface area contributed by atoms with E-state index in [0.29, 0.717) is 13.0 Å². The molecule has 0 spiro atoms. The molecule has 182 valence electrons. The maximum atomic E-state index is 13.5. The Hall–Kier alpha value is -2.68. The number of ether oxygens (including phenoxy) is 3. The van der Waals surface area contributed by atoms with E-state index in [1.165, 1.54) is 11.4 Å². The van der Waals surface area contributed by atoms with Gasteiger partial charge < -0.3 is 14.2 Å². The van der Waals surface area contributed by atoms with E-state index < -0.39 is 20.7 Å². The van der Waals surface area contributed by atoms with Gasteiger partial charge >= 0.3 is 5.97 Å². The summed E-state index contributed by atoms with van der Waals surface area (Å²) in [6.45, 7) is 3.08. The molecule has 2 aliphatic rings. The van der Waals surface area contributed by atoms with Crippen LogP contribution >= 0.6 is 0 Å². The molecule has 2 aliphatic heterocycles. The van der Waals surface area contributed by atoms with Crippen LogP contribution in [0.15, 0.2) is 48.5 Å². The number of nitrogens with zero attached hydrogens (tertiary/aromatic N) is 1. The van der Waals surface area contributed by atoms with Crippen molar-refractivity contribution < 1.29 is 27.4 Å². The lowest BCUT2D eigenvalue weighted by atomic mass is 9.93. The van der Waals surface area contributed by atoms with Gasteiger partial charge in [0, 0.05) is 39.1 Å². The third kappa shape index (κ3) is 4.37. The van der Waals surface area contributed by atoms with E-state index in [2.05, 4.69) is 31.2 Å². The van der Waals surface area contributed by atoms with E-state index in [0.717, 1.165) is 33.6 Å². The van der Waals surface area contributed by atoms with E-state index in [1.807, 2.05) is 24.3 Å². The number of aryl methyl sites for hydroxylation is 1. The standard InChI is InChI=1S/C26H31NO6S/c1-19-17-21(7-8-24(19)22-5-4-6-23(18-22)31-2)20-9-13-27(14-10-20)34(29,30)26(25(28)32-3)11-15-33-16-12-26/h4-9,17-18H,10-16H2,1-3H3. The Kier molecular flexibility index (Phi) is 7.12. The highest BCUT2D eigenvalue weighted by atomic mass is 32.2. The molecule has 0 N–H and O–H groups in total. The van der Waals surface area contributed by atoms with Crippen LogP contribution in [-0.4, -0.2) is 64.0 Å². The highest BCUT2D eigenvalue weighted by Crippen LogP contribution is 2.36. The fraction of sp³-hybridized carbons (Fsp3) is 0.423. The summed E-state index contributed by atoms with van der Waals surface area (Å²) in [5.41, 5.74) is 5.53. The van der Waals surface area contributed by atoms with Crippen molar-refractivity contribution in [1.29, 1.82) is 0 Å². The summed E-state index contributed by atoms with van der Waals surface area (Å²) < 4.78 is 42.5. The summed E-state index contributed by atoms with van der Waals surface area (Å²) in [5, 5.41) is 0. The molecule has 4 rings (SSSR count). The van der Waals surface area contributed by atoms with Gasteiger partial charge in [0.25, 0.3) is 0 Å². The zero-order valence-electron chi connectivity index (χ0n) is 19.9. The van der Waals surface area contributed by atoms with Crippen LogP contribution in [0.2, 0.25) is 0 Å². The number of sulfonamides is 1. The topological polar surface area (TPSA) is 82.1 Å². The quantitative estimate of drug-likeness (QED) is 0.579. The molecule has 2 aromatic rings. The molecule has 2 heterocycles. The van der Waals surface area contributed by atoms with Gasteiger partial charge in [0.15, 0.2) is 4.75 Å². The van der Waals surface area contributed by atoms with Gasteiger partial charge in [-0.1, -0.05) is 36.4 Å². The minimum absolute atomic E-state index is 0.111. The van der Waals surface area contributed by atoms with Crippen molar-refractivity contribution in [3.63, 3.8) is 0 Å². The molecular weight excluding hydrogens is 454 g/mol. The zero-order valence-corrected chi connectivity index (χ0v) is 20.7. The highest BCUT2D eigenvalue weighted by molar-refractivity contribution is 7.91. The van der Waals surface area contributed by atoms with Crippen molar-refractivity contribution in [3.8, 4) is 16.9 Å². The zero-order chi connectivity index (χ0) is 24.3. The Bertz CT molecular complexity index is 1200. The summed E-state index contributed by atoms with van der Waals surface area (Å²) in [5.74, 6) is 0.112. The van der Waals surface area contributed by atoms with Crippen molar-refractivity contribution in [3.05, 3.63) is 59.7 Å². The molecule has 34 heavy (non-hydrogen) atoms. The maximum Gasteiger partial charge on any atom is 0.328 e. The van der Waals surface area contributed by atoms with Gasteiger partial charge in [-0.2, -0.15) is 4.31 Å². The summed E-state index contributed by atoms with van der Waals surface area (Å²) in [4.78, 5) is 12.6. The van der Waals surface area contributed by atoms with Crippen molar-refractivity contribution in [1.82, 2.24) is 4.31 Å². The number of benzene rings is 2. The lowest BCUT2D eigenvalue weighted by Crippen LogP contribution is -2.57. The second kappa shape index (κ2) is 9.90. The Balaban J connectivity index is 1.56. The molecule has 0 atom stereocenters. The van der Waals surface area contributed by atoms with Gasteiger partial charge in [0.2, 0.25) is 10.0 Å². The van der Waals surface area contributed by atoms with Gasteiger partial charge in [0.1, 0.15) is 5.75 Å². The van der Waals surface area contributed by atoms with Crippen LogP contribution in [0.1, 0.15) is 30.4 Å². The molecule has 0 unspecified atom stereocenters. The van der Waals surface area contributed by atoms with Crippen LogP contribution in [0.3, 0.4) is 0 Å². The second-order valence-electron chi connectivity index (χ2n) is 8.70. The van der Waals surface area contributed by atoms with Crippen LogP contribution in [0.4, 0.5) is 0 Å². The summed E-state index contributed by atoms with van der Waals surface area (Å²) >= 11 is 0. The first-order valence-corrected chi connectivity index (χ1v) is 12.9. The average molecular weight is 486 g/mol. The van der Waals surface area contributed by atoms with Crippen LogP contribution in [-0.2, 0) is 24.3 Å². The molecule has 0 saturated carbocycles. The first-order valence-electron chi connectivity index (χ1n) is 11.4. The number of carbonyl (C=O) groups is 1. The van der Waals surface area contributed by atoms with E-state index in [4.69, 9.17) is 14.2 Å². The van der Waals surface area contributed by atoms with E-state index in [-0.39, 0.29) is 32.6 Å². The normalized spacial score (nSPS) is 18.7. The predicted molar refractivity (Wildman–Crippen MR) is 131 cm³/mol. The van der Waals surface area contributed by atoms with Gasteiger partial charge in [0.05, 0.1) is 14.2 Å². The molecule has 0 amide bonds. The molecule has 0 bridgehead atoms. The average Bonchev–Trinajstić information content (AvgIpc) is 2.88. The number of esters is 1. The number of methoxy groups -OCH3 is 2. The first kappa shape index (κ1) is 24.4. The minimum atomic E-state index is -3.90. The number of carbonyl (C=O) groups excluding carboxylic acids is 1. The summed E-state index contributed by atoms with van der Waals surface area (Å²) in [7, 11) is -1.01. The predicted octanol–water partition coefficient (Wildman–Crippen LogP) is 3.81. The Morgan fingerprint density at radius 2 is 1.82 bits per heavy atom. The monoisotopic (exact) mass is 485 g/mol. The molecule has 1 fully saturated rings. The Labute approximate surface area is 201 Å². The Morgan fingerprint density at radius 3 is 2.44 bits per heavy atom. The van der Waals surface area contributed by atoms with Crippen LogP contribution in [0.5, 0.6) is 5.75 Å². The van der Waals surface area contributed by atoms with Crippen molar-refractivity contribution >= 4 is 21.6 Å². The van der Waals surface area contributed by atoms with Gasteiger partial charge in [-0.05, 0) is 53.3 Å². The van der Waals surface area contributed by atoms with Gasteiger partial charge in [-0.3, -0.25) is 4.79 Å². The van der Waals surface area contributed by atoms with Crippen LogP contribution in [0.25, 0.3) is 16.7 Å². The Morgan fingerprint density at radius 1 is 1.06 bits per heavy atom. The molecule has 8 heteroatoms.